The van der Waals surface area contributed by atoms with Gasteiger partial charge in [0.2, 0.25) is 0 Å². The Labute approximate surface area is 129 Å². The summed E-state index contributed by atoms with van der Waals surface area (Å²) < 4.78 is 27.4. The molecule has 1 aliphatic rings. The first-order chi connectivity index (χ1) is 9.35. The van der Waals surface area contributed by atoms with E-state index in [-0.39, 0.29) is 11.4 Å². The van der Waals surface area contributed by atoms with E-state index in [0.717, 1.165) is 17.1 Å². The molecule has 0 bridgehead atoms. The Kier molecular flexibility index (Phi) is 5.18. The topological polar surface area (TPSA) is 57.6 Å². The molecule has 0 aromatic carbocycles. The maximum absolute atomic E-state index is 12.6. The minimum atomic E-state index is -3.38. The van der Waals surface area contributed by atoms with E-state index in [1.54, 1.807) is 16.4 Å². The highest BCUT2D eigenvalue weighted by Crippen LogP contribution is 2.33. The zero-order valence-electron chi connectivity index (χ0n) is 11.8. The molecule has 0 aliphatic carbocycles. The fourth-order valence-corrected chi connectivity index (χ4v) is 6.27. The summed E-state index contributed by atoms with van der Waals surface area (Å²) in [7, 11) is -3.38. The molecule has 2 heterocycles. The van der Waals surface area contributed by atoms with Crippen LogP contribution in [0.3, 0.4) is 0 Å². The summed E-state index contributed by atoms with van der Waals surface area (Å²) in [5.41, 5.74) is 0. The molecule has 20 heavy (non-hydrogen) atoms. The van der Waals surface area contributed by atoms with Gasteiger partial charge in [-0.3, -0.25) is 0 Å². The van der Waals surface area contributed by atoms with E-state index in [1.165, 1.54) is 11.3 Å². The first-order valence-corrected chi connectivity index (χ1v) is 9.93. The summed E-state index contributed by atoms with van der Waals surface area (Å²) in [6.07, 6.45) is 1.38. The molecule has 1 fully saturated rings. The number of thiophene rings is 1. The molecular weight excluding hydrogens is 314 g/mol. The Bertz CT molecular complexity index is 551. The van der Waals surface area contributed by atoms with Gasteiger partial charge in [0.1, 0.15) is 4.21 Å². The van der Waals surface area contributed by atoms with Crippen LogP contribution in [0.15, 0.2) is 16.3 Å². The van der Waals surface area contributed by atoms with Crippen LogP contribution in [0.4, 0.5) is 0 Å². The van der Waals surface area contributed by atoms with Crippen LogP contribution in [0.1, 0.15) is 25.1 Å². The summed E-state index contributed by atoms with van der Waals surface area (Å²) in [6.45, 7) is 5.53. The number of aliphatic hydroxyl groups excluding tert-OH is 1. The Morgan fingerprint density at radius 2 is 2.10 bits per heavy atom. The lowest BCUT2D eigenvalue weighted by Gasteiger charge is -2.22. The van der Waals surface area contributed by atoms with Crippen molar-refractivity contribution in [1.29, 1.82) is 0 Å². The van der Waals surface area contributed by atoms with Gasteiger partial charge in [-0.05, 0) is 18.6 Å². The maximum Gasteiger partial charge on any atom is 0.252 e. The molecule has 2 rings (SSSR count). The second-order valence-electron chi connectivity index (χ2n) is 5.46. The molecule has 0 spiro atoms. The lowest BCUT2D eigenvalue weighted by Crippen LogP contribution is -2.33. The Morgan fingerprint density at radius 3 is 2.80 bits per heavy atom. The van der Waals surface area contributed by atoms with Crippen LogP contribution >= 0.6 is 23.1 Å². The van der Waals surface area contributed by atoms with Gasteiger partial charge >= 0.3 is 0 Å². The van der Waals surface area contributed by atoms with Gasteiger partial charge in [0, 0.05) is 41.5 Å². The summed E-state index contributed by atoms with van der Waals surface area (Å²) in [5, 5.41) is 8.92. The number of rotatable bonds is 4. The minimum Gasteiger partial charge on any atom is -0.396 e. The zero-order chi connectivity index (χ0) is 14.8. The van der Waals surface area contributed by atoms with Gasteiger partial charge in [-0.15, -0.1) is 11.3 Å². The van der Waals surface area contributed by atoms with Crippen molar-refractivity contribution in [3.63, 3.8) is 0 Å². The fraction of sp³-hybridized carbons (Fsp3) is 0.692. The monoisotopic (exact) mass is 335 g/mol. The van der Waals surface area contributed by atoms with Gasteiger partial charge in [0.25, 0.3) is 10.0 Å². The fourth-order valence-electron chi connectivity index (χ4n) is 2.11. The molecule has 0 atom stereocenters. The zero-order valence-corrected chi connectivity index (χ0v) is 14.3. The molecule has 1 aromatic heterocycles. The standard InChI is InChI=1S/C13H21NO3S3/c1-13(2)6-7-14(8-10-18-13)20(16,17)12-4-3-11(19-12)5-9-15/h3-4,15H,5-10H2,1-2H3. The summed E-state index contributed by atoms with van der Waals surface area (Å²) in [5.74, 6) is 0.834. The summed E-state index contributed by atoms with van der Waals surface area (Å²) >= 11 is 3.10. The molecule has 114 valence electrons. The molecular formula is C13H21NO3S3. The molecule has 4 nitrogen and oxygen atoms in total. The van der Waals surface area contributed by atoms with Crippen LogP contribution in [0.5, 0.6) is 0 Å². The summed E-state index contributed by atoms with van der Waals surface area (Å²) in [6, 6.07) is 3.46. The van der Waals surface area contributed by atoms with Crippen molar-refractivity contribution in [3.8, 4) is 0 Å². The summed E-state index contributed by atoms with van der Waals surface area (Å²) in [4.78, 5) is 0.913. The number of hydrogen-bond donors (Lipinski definition) is 1. The van der Waals surface area contributed by atoms with E-state index in [4.69, 9.17) is 5.11 Å². The Hall–Kier alpha value is -0.0800. The highest BCUT2D eigenvalue weighted by molar-refractivity contribution is 8.00. The van der Waals surface area contributed by atoms with E-state index in [0.29, 0.717) is 23.7 Å². The third kappa shape index (κ3) is 3.76. The highest BCUT2D eigenvalue weighted by Gasteiger charge is 2.31. The van der Waals surface area contributed by atoms with E-state index < -0.39 is 10.0 Å². The minimum absolute atomic E-state index is 0.0501. The molecule has 0 radical (unpaired) electrons. The molecule has 1 aromatic rings. The van der Waals surface area contributed by atoms with E-state index >= 15 is 0 Å². The number of thioether (sulfide) groups is 1. The molecule has 7 heteroatoms. The van der Waals surface area contributed by atoms with Crippen LogP contribution in [0.2, 0.25) is 0 Å². The van der Waals surface area contributed by atoms with Crippen molar-refractivity contribution < 1.29 is 13.5 Å². The smallest absolute Gasteiger partial charge is 0.252 e. The first kappa shape index (κ1) is 16.3. The van der Waals surface area contributed by atoms with E-state index in [2.05, 4.69) is 13.8 Å². The van der Waals surface area contributed by atoms with E-state index in [9.17, 15) is 8.42 Å². The van der Waals surface area contributed by atoms with Gasteiger partial charge in [-0.2, -0.15) is 16.1 Å². The van der Waals surface area contributed by atoms with Crippen molar-refractivity contribution in [2.45, 2.75) is 35.6 Å². The Morgan fingerprint density at radius 1 is 1.35 bits per heavy atom. The number of nitrogens with zero attached hydrogens (tertiary/aromatic N) is 1. The van der Waals surface area contributed by atoms with Crippen molar-refractivity contribution in [1.82, 2.24) is 4.31 Å². The van der Waals surface area contributed by atoms with Crippen LogP contribution in [0.25, 0.3) is 0 Å². The van der Waals surface area contributed by atoms with E-state index in [1.807, 2.05) is 11.8 Å². The molecule has 0 saturated carbocycles. The van der Waals surface area contributed by atoms with Crippen LogP contribution in [-0.2, 0) is 16.4 Å². The van der Waals surface area contributed by atoms with Gasteiger partial charge < -0.3 is 5.11 Å². The van der Waals surface area contributed by atoms with Gasteiger partial charge in [-0.25, -0.2) is 8.42 Å². The van der Waals surface area contributed by atoms with Crippen molar-refractivity contribution in [2.75, 3.05) is 25.4 Å². The molecule has 0 unspecified atom stereocenters. The van der Waals surface area contributed by atoms with Crippen LogP contribution in [0, 0.1) is 0 Å². The molecule has 1 N–H and O–H groups in total. The maximum atomic E-state index is 12.6. The highest BCUT2D eigenvalue weighted by atomic mass is 32.2. The average Bonchev–Trinajstić information content (AvgIpc) is 2.75. The number of hydrogen-bond acceptors (Lipinski definition) is 5. The number of aliphatic hydroxyl groups is 1. The predicted molar refractivity (Wildman–Crippen MR) is 85.0 cm³/mol. The van der Waals surface area contributed by atoms with Crippen LogP contribution in [-0.4, -0.2) is 48.0 Å². The third-order valence-electron chi connectivity index (χ3n) is 3.39. The third-order valence-corrected chi connectivity index (χ3v) is 8.27. The average molecular weight is 336 g/mol. The van der Waals surface area contributed by atoms with Crippen LogP contribution < -0.4 is 0 Å². The largest absolute Gasteiger partial charge is 0.396 e. The molecule has 1 aliphatic heterocycles. The Balaban J connectivity index is 2.16. The van der Waals surface area contributed by atoms with Gasteiger partial charge in [0.05, 0.1) is 0 Å². The predicted octanol–water partition coefficient (Wildman–Crippen LogP) is 2.19. The van der Waals surface area contributed by atoms with Crippen molar-refractivity contribution in [3.05, 3.63) is 17.0 Å². The second-order valence-corrected chi connectivity index (χ2v) is 10.6. The van der Waals surface area contributed by atoms with Crippen molar-refractivity contribution >= 4 is 33.1 Å². The van der Waals surface area contributed by atoms with Crippen molar-refractivity contribution in [2.24, 2.45) is 0 Å². The van der Waals surface area contributed by atoms with Gasteiger partial charge in [-0.1, -0.05) is 13.8 Å². The lowest BCUT2D eigenvalue weighted by molar-refractivity contribution is 0.300. The lowest BCUT2D eigenvalue weighted by atomic mass is 10.1. The first-order valence-electron chi connectivity index (χ1n) is 6.69. The molecule has 1 saturated heterocycles. The molecule has 0 amide bonds. The number of sulfonamides is 1. The quantitative estimate of drug-likeness (QED) is 0.916. The second kappa shape index (κ2) is 6.36. The van der Waals surface area contributed by atoms with Gasteiger partial charge in [0.15, 0.2) is 0 Å². The normalized spacial score (nSPS) is 20.8. The SMILES string of the molecule is CC1(C)CCN(S(=O)(=O)c2ccc(CCO)s2)CCS1.